The number of hydrogen-bond acceptors (Lipinski definition) is 2. The van der Waals surface area contributed by atoms with E-state index >= 15 is 0 Å². The summed E-state index contributed by atoms with van der Waals surface area (Å²) in [5.41, 5.74) is 0.139. The maximum Gasteiger partial charge on any atom is 0.227 e. The molecule has 2 fully saturated rings. The third-order valence-corrected chi connectivity index (χ3v) is 4.91. The minimum Gasteiger partial charge on any atom is -0.339 e. The standard InChI is InChI=1S/C17H22F2N2O/c1-12-5-2-3-8-21(12)14-10-20(11-14)16(22)9-13-6-4-7-15(18)17(13)19/h4,6-7,12,14H,2-3,5,8-11H2,1H3/t12-/m1/s1. The van der Waals surface area contributed by atoms with Crippen LogP contribution in [0.5, 0.6) is 0 Å². The van der Waals surface area contributed by atoms with Crippen molar-refractivity contribution in [1.29, 1.82) is 0 Å². The topological polar surface area (TPSA) is 23.6 Å². The smallest absolute Gasteiger partial charge is 0.227 e. The lowest BCUT2D eigenvalue weighted by atomic mass is 9.97. The Kier molecular flexibility index (Phi) is 4.43. The molecule has 0 unspecified atom stereocenters. The van der Waals surface area contributed by atoms with Gasteiger partial charge in [-0.2, -0.15) is 0 Å². The van der Waals surface area contributed by atoms with Gasteiger partial charge in [0.15, 0.2) is 11.6 Å². The number of likely N-dealkylation sites (tertiary alicyclic amines) is 2. The molecule has 1 atom stereocenters. The predicted octanol–water partition coefficient (Wildman–Crippen LogP) is 2.59. The minimum absolute atomic E-state index is 0.0636. The van der Waals surface area contributed by atoms with Crippen LogP contribution in [0.25, 0.3) is 0 Å². The van der Waals surface area contributed by atoms with E-state index in [2.05, 4.69) is 11.8 Å². The first-order valence-electron chi connectivity index (χ1n) is 8.02. The Balaban J connectivity index is 1.54. The van der Waals surface area contributed by atoms with Crippen molar-refractivity contribution in [1.82, 2.24) is 9.80 Å². The van der Waals surface area contributed by atoms with Gasteiger partial charge in [0.05, 0.1) is 6.42 Å². The summed E-state index contributed by atoms with van der Waals surface area (Å²) in [5.74, 6) is -1.92. The molecule has 2 aliphatic rings. The van der Waals surface area contributed by atoms with Gasteiger partial charge in [0.1, 0.15) is 0 Å². The lowest BCUT2D eigenvalue weighted by molar-refractivity contribution is -0.139. The zero-order chi connectivity index (χ0) is 15.7. The number of rotatable bonds is 3. The maximum atomic E-state index is 13.6. The summed E-state index contributed by atoms with van der Waals surface area (Å²) in [6.07, 6.45) is 3.67. The second-order valence-corrected chi connectivity index (χ2v) is 6.42. The summed E-state index contributed by atoms with van der Waals surface area (Å²) in [5, 5.41) is 0. The fraction of sp³-hybridized carbons (Fsp3) is 0.588. The highest BCUT2D eigenvalue weighted by Gasteiger charge is 2.37. The molecule has 0 saturated carbocycles. The first-order valence-corrected chi connectivity index (χ1v) is 8.02. The summed E-state index contributed by atoms with van der Waals surface area (Å²) < 4.78 is 26.8. The molecule has 1 amide bonds. The molecule has 5 heteroatoms. The molecule has 2 heterocycles. The molecule has 3 rings (SSSR count). The van der Waals surface area contributed by atoms with Gasteiger partial charge in [0.2, 0.25) is 5.91 Å². The number of benzene rings is 1. The Morgan fingerprint density at radius 3 is 2.77 bits per heavy atom. The number of amides is 1. The first-order chi connectivity index (χ1) is 10.6. The van der Waals surface area contributed by atoms with Crippen molar-refractivity contribution < 1.29 is 13.6 Å². The van der Waals surface area contributed by atoms with E-state index in [0.717, 1.165) is 12.6 Å². The Bertz CT molecular complexity index is 558. The van der Waals surface area contributed by atoms with Crippen molar-refractivity contribution in [2.75, 3.05) is 19.6 Å². The minimum atomic E-state index is -0.905. The average Bonchev–Trinajstić information content (AvgIpc) is 2.44. The second-order valence-electron chi connectivity index (χ2n) is 6.42. The zero-order valence-electron chi connectivity index (χ0n) is 12.9. The molecule has 3 nitrogen and oxygen atoms in total. The van der Waals surface area contributed by atoms with Crippen LogP contribution >= 0.6 is 0 Å². The van der Waals surface area contributed by atoms with E-state index in [-0.39, 0.29) is 17.9 Å². The largest absolute Gasteiger partial charge is 0.339 e. The van der Waals surface area contributed by atoms with Crippen molar-refractivity contribution >= 4 is 5.91 Å². The lowest BCUT2D eigenvalue weighted by Gasteiger charge is -2.49. The van der Waals surface area contributed by atoms with Crippen LogP contribution in [0.2, 0.25) is 0 Å². The van der Waals surface area contributed by atoms with Crippen molar-refractivity contribution in [2.24, 2.45) is 0 Å². The van der Waals surface area contributed by atoms with Crippen LogP contribution < -0.4 is 0 Å². The molecule has 0 aromatic heterocycles. The summed E-state index contributed by atoms with van der Waals surface area (Å²) in [7, 11) is 0. The van der Waals surface area contributed by atoms with Gasteiger partial charge in [-0.3, -0.25) is 9.69 Å². The molecule has 1 aromatic rings. The zero-order valence-corrected chi connectivity index (χ0v) is 12.9. The van der Waals surface area contributed by atoms with E-state index < -0.39 is 11.6 Å². The summed E-state index contributed by atoms with van der Waals surface area (Å²) in [6.45, 7) is 4.76. The Labute approximate surface area is 129 Å². The van der Waals surface area contributed by atoms with Crippen LogP contribution in [0.1, 0.15) is 31.7 Å². The third kappa shape index (κ3) is 3.00. The number of carbonyl (C=O) groups excluding carboxylic acids is 1. The molecular formula is C17H22F2N2O. The van der Waals surface area contributed by atoms with Gasteiger partial charge in [-0.25, -0.2) is 8.78 Å². The quantitative estimate of drug-likeness (QED) is 0.857. The van der Waals surface area contributed by atoms with Crippen LogP contribution in [0.15, 0.2) is 18.2 Å². The third-order valence-electron chi connectivity index (χ3n) is 4.91. The number of halogens is 2. The fourth-order valence-electron chi connectivity index (χ4n) is 3.49. The van der Waals surface area contributed by atoms with Crippen molar-refractivity contribution in [3.05, 3.63) is 35.4 Å². The van der Waals surface area contributed by atoms with Gasteiger partial charge in [0, 0.05) is 30.7 Å². The monoisotopic (exact) mass is 308 g/mol. The molecule has 0 aliphatic carbocycles. The molecule has 1 aromatic carbocycles. The maximum absolute atomic E-state index is 13.6. The van der Waals surface area contributed by atoms with Crippen LogP contribution in [-0.4, -0.2) is 47.4 Å². The van der Waals surface area contributed by atoms with Crippen LogP contribution in [-0.2, 0) is 11.2 Å². The molecule has 120 valence electrons. The van der Waals surface area contributed by atoms with Gasteiger partial charge >= 0.3 is 0 Å². The average molecular weight is 308 g/mol. The highest BCUT2D eigenvalue weighted by Crippen LogP contribution is 2.25. The van der Waals surface area contributed by atoms with Crippen molar-refractivity contribution in [3.8, 4) is 0 Å². The molecule has 22 heavy (non-hydrogen) atoms. The van der Waals surface area contributed by atoms with E-state index in [9.17, 15) is 13.6 Å². The molecule has 0 bridgehead atoms. The van der Waals surface area contributed by atoms with Gasteiger partial charge < -0.3 is 4.90 Å². The van der Waals surface area contributed by atoms with Crippen LogP contribution in [0.4, 0.5) is 8.78 Å². The van der Waals surface area contributed by atoms with E-state index in [0.29, 0.717) is 25.2 Å². The van der Waals surface area contributed by atoms with Crippen LogP contribution in [0.3, 0.4) is 0 Å². The number of piperidine rings is 1. The molecule has 2 saturated heterocycles. The summed E-state index contributed by atoms with van der Waals surface area (Å²) in [4.78, 5) is 16.4. The normalized spacial score (nSPS) is 23.4. The highest BCUT2D eigenvalue weighted by atomic mass is 19.2. The van der Waals surface area contributed by atoms with E-state index in [1.165, 1.54) is 31.4 Å². The lowest BCUT2D eigenvalue weighted by Crippen LogP contribution is -2.63. The first kappa shape index (κ1) is 15.4. The van der Waals surface area contributed by atoms with Gasteiger partial charge in [-0.1, -0.05) is 18.6 Å². The molecule has 0 radical (unpaired) electrons. The van der Waals surface area contributed by atoms with E-state index in [1.807, 2.05) is 0 Å². The van der Waals surface area contributed by atoms with Gasteiger partial charge in [0.25, 0.3) is 0 Å². The van der Waals surface area contributed by atoms with Gasteiger partial charge in [-0.05, 0) is 32.4 Å². The number of hydrogen-bond donors (Lipinski definition) is 0. The molecule has 0 N–H and O–H groups in total. The molecular weight excluding hydrogens is 286 g/mol. The fourth-order valence-corrected chi connectivity index (χ4v) is 3.49. The van der Waals surface area contributed by atoms with Crippen molar-refractivity contribution in [2.45, 2.75) is 44.7 Å². The Hall–Kier alpha value is -1.49. The highest BCUT2D eigenvalue weighted by molar-refractivity contribution is 5.79. The van der Waals surface area contributed by atoms with Gasteiger partial charge in [-0.15, -0.1) is 0 Å². The summed E-state index contributed by atoms with van der Waals surface area (Å²) >= 11 is 0. The van der Waals surface area contributed by atoms with E-state index in [1.54, 1.807) is 4.90 Å². The van der Waals surface area contributed by atoms with E-state index in [4.69, 9.17) is 0 Å². The molecule has 2 aliphatic heterocycles. The van der Waals surface area contributed by atoms with Crippen molar-refractivity contribution in [3.63, 3.8) is 0 Å². The van der Waals surface area contributed by atoms with Crippen LogP contribution in [0, 0.1) is 11.6 Å². The predicted molar refractivity (Wildman–Crippen MR) is 80.4 cm³/mol. The SMILES string of the molecule is C[C@@H]1CCCCN1C1CN(C(=O)Cc2cccc(F)c2F)C1. The summed E-state index contributed by atoms with van der Waals surface area (Å²) in [6, 6.07) is 4.99. The molecule has 0 spiro atoms. The number of nitrogens with zero attached hydrogens (tertiary/aromatic N) is 2. The second kappa shape index (κ2) is 6.32. The number of carbonyl (C=O) groups is 1. The Morgan fingerprint density at radius 1 is 1.27 bits per heavy atom. The Morgan fingerprint density at radius 2 is 2.05 bits per heavy atom.